The number of hydrogen-bond donors (Lipinski definition) is 2. The molecule has 0 spiro atoms. The van der Waals surface area contributed by atoms with Gasteiger partial charge in [0.15, 0.2) is 10.9 Å². The summed E-state index contributed by atoms with van der Waals surface area (Å²) < 4.78 is 0. The molecule has 1 atom stereocenters. The molecular formula is C24H19N5O3S2. The molecular weight excluding hydrogens is 470 g/mol. The lowest BCUT2D eigenvalue weighted by atomic mass is 9.89. The highest BCUT2D eigenvalue weighted by Gasteiger charge is 2.33. The minimum absolute atomic E-state index is 0.117. The Balaban J connectivity index is 1.21. The molecule has 0 radical (unpaired) electrons. The van der Waals surface area contributed by atoms with E-state index in [0.717, 1.165) is 27.6 Å². The molecule has 1 aromatic carbocycles. The van der Waals surface area contributed by atoms with Gasteiger partial charge in [0.05, 0.1) is 28.7 Å². The molecule has 10 heteroatoms. The highest BCUT2D eigenvalue weighted by Crippen LogP contribution is 2.32. The van der Waals surface area contributed by atoms with Crippen LogP contribution in [0.1, 0.15) is 37.2 Å². The number of nitrogens with zero attached hydrogens (tertiary/aromatic N) is 3. The molecule has 170 valence electrons. The third-order valence-electron chi connectivity index (χ3n) is 5.39. The van der Waals surface area contributed by atoms with Crippen LogP contribution < -0.4 is 10.6 Å². The number of rotatable bonds is 6. The molecule has 8 nitrogen and oxygen atoms in total. The summed E-state index contributed by atoms with van der Waals surface area (Å²) in [5.41, 5.74) is 2.89. The lowest BCUT2D eigenvalue weighted by Crippen LogP contribution is -2.35. The number of amides is 2. The second-order valence-electron chi connectivity index (χ2n) is 7.72. The van der Waals surface area contributed by atoms with Crippen LogP contribution in [0.4, 0.5) is 5.13 Å². The van der Waals surface area contributed by atoms with Gasteiger partial charge in [-0.3, -0.25) is 24.7 Å². The van der Waals surface area contributed by atoms with Crippen molar-refractivity contribution in [2.24, 2.45) is 5.92 Å². The number of Topliss-reactive ketones (excluding diaryl/α,β-unsaturated/α-hetero) is 1. The van der Waals surface area contributed by atoms with E-state index >= 15 is 0 Å². The Hall–Kier alpha value is -3.76. The molecule has 0 saturated heterocycles. The Morgan fingerprint density at radius 2 is 1.82 bits per heavy atom. The number of thiazole rings is 2. The van der Waals surface area contributed by atoms with E-state index in [1.165, 1.54) is 23.7 Å². The highest BCUT2D eigenvalue weighted by atomic mass is 32.1. The molecule has 3 aromatic heterocycles. The zero-order valence-corrected chi connectivity index (χ0v) is 19.5. The summed E-state index contributed by atoms with van der Waals surface area (Å²) in [5.74, 6) is -1.16. The van der Waals surface area contributed by atoms with E-state index in [9.17, 15) is 14.4 Å². The molecule has 3 heterocycles. The molecule has 5 rings (SSSR count). The summed E-state index contributed by atoms with van der Waals surface area (Å²) in [6, 6.07) is 13.0. The summed E-state index contributed by atoms with van der Waals surface area (Å²) in [5, 5.41) is 8.73. The standard InChI is InChI=1S/C24H19N5O3S2/c30-19-11-16(22(31)26-12-20-27-18(13-33-20)14-4-2-1-3-5-14)10-17-21(19)34-24(28-17)29-23(32)15-6-8-25-9-7-15/h1-9,13,16H,10-12H2,(H,26,31)(H,28,29,32)/t16-/m0/s1. The van der Waals surface area contributed by atoms with Crippen LogP contribution in [0.25, 0.3) is 11.3 Å². The van der Waals surface area contributed by atoms with Crippen LogP contribution in [-0.2, 0) is 17.8 Å². The minimum atomic E-state index is -0.501. The Kier molecular flexibility index (Phi) is 6.24. The van der Waals surface area contributed by atoms with Crippen LogP contribution in [-0.4, -0.2) is 32.5 Å². The maximum Gasteiger partial charge on any atom is 0.257 e. The van der Waals surface area contributed by atoms with E-state index in [0.29, 0.717) is 34.2 Å². The molecule has 0 fully saturated rings. The van der Waals surface area contributed by atoms with Crippen molar-refractivity contribution in [2.45, 2.75) is 19.4 Å². The Morgan fingerprint density at radius 3 is 2.62 bits per heavy atom. The summed E-state index contributed by atoms with van der Waals surface area (Å²) in [6.07, 6.45) is 3.53. The van der Waals surface area contributed by atoms with E-state index in [4.69, 9.17) is 0 Å². The van der Waals surface area contributed by atoms with Crippen molar-refractivity contribution in [3.63, 3.8) is 0 Å². The Bertz CT molecular complexity index is 1350. The van der Waals surface area contributed by atoms with Gasteiger partial charge in [0, 0.05) is 41.7 Å². The van der Waals surface area contributed by atoms with Gasteiger partial charge in [-0.1, -0.05) is 41.7 Å². The first-order chi connectivity index (χ1) is 16.6. The molecule has 0 saturated carbocycles. The van der Waals surface area contributed by atoms with Gasteiger partial charge in [0.1, 0.15) is 5.01 Å². The number of anilines is 1. The minimum Gasteiger partial charge on any atom is -0.349 e. The highest BCUT2D eigenvalue weighted by molar-refractivity contribution is 7.17. The number of aromatic nitrogens is 3. The summed E-state index contributed by atoms with van der Waals surface area (Å²) >= 11 is 2.62. The van der Waals surface area contributed by atoms with Gasteiger partial charge < -0.3 is 5.32 Å². The van der Waals surface area contributed by atoms with Crippen molar-refractivity contribution in [3.8, 4) is 11.3 Å². The van der Waals surface area contributed by atoms with Crippen molar-refractivity contribution in [3.05, 3.63) is 81.4 Å². The summed E-state index contributed by atoms with van der Waals surface area (Å²) in [4.78, 5) is 51.2. The van der Waals surface area contributed by atoms with Crippen molar-refractivity contribution < 1.29 is 14.4 Å². The normalized spacial score (nSPS) is 14.9. The van der Waals surface area contributed by atoms with E-state index < -0.39 is 5.92 Å². The number of carbonyl (C=O) groups is 3. The number of pyridine rings is 1. The van der Waals surface area contributed by atoms with E-state index in [1.807, 2.05) is 35.7 Å². The molecule has 1 aliphatic rings. The number of nitrogens with one attached hydrogen (secondary N) is 2. The van der Waals surface area contributed by atoms with Gasteiger partial charge in [0.25, 0.3) is 5.91 Å². The van der Waals surface area contributed by atoms with E-state index in [2.05, 4.69) is 25.6 Å². The predicted molar refractivity (Wildman–Crippen MR) is 130 cm³/mol. The van der Waals surface area contributed by atoms with Crippen LogP contribution in [0.3, 0.4) is 0 Å². The first-order valence-corrected chi connectivity index (χ1v) is 12.3. The van der Waals surface area contributed by atoms with Gasteiger partial charge in [-0.05, 0) is 12.1 Å². The van der Waals surface area contributed by atoms with Crippen LogP contribution in [0, 0.1) is 5.92 Å². The fraction of sp³-hybridized carbons (Fsp3) is 0.167. The lowest BCUT2D eigenvalue weighted by Gasteiger charge is -2.19. The molecule has 2 N–H and O–H groups in total. The van der Waals surface area contributed by atoms with Crippen molar-refractivity contribution >= 4 is 45.4 Å². The monoisotopic (exact) mass is 489 g/mol. The number of ketones is 1. The average Bonchev–Trinajstić information content (AvgIpc) is 3.51. The summed E-state index contributed by atoms with van der Waals surface area (Å²) in [7, 11) is 0. The molecule has 1 aliphatic carbocycles. The number of fused-ring (bicyclic) bond motifs is 1. The number of hydrogen-bond acceptors (Lipinski definition) is 8. The van der Waals surface area contributed by atoms with Gasteiger partial charge >= 0.3 is 0 Å². The fourth-order valence-electron chi connectivity index (χ4n) is 3.68. The first-order valence-electron chi connectivity index (χ1n) is 10.6. The Labute approximate surface area is 203 Å². The first kappa shape index (κ1) is 22.1. The quantitative estimate of drug-likeness (QED) is 0.424. The van der Waals surface area contributed by atoms with Crippen LogP contribution in [0.2, 0.25) is 0 Å². The average molecular weight is 490 g/mol. The number of benzene rings is 1. The fourth-order valence-corrected chi connectivity index (χ4v) is 5.36. The third kappa shape index (κ3) is 4.78. The van der Waals surface area contributed by atoms with Crippen molar-refractivity contribution in [1.82, 2.24) is 20.3 Å². The smallest absolute Gasteiger partial charge is 0.257 e. The Morgan fingerprint density at radius 1 is 1.03 bits per heavy atom. The van der Waals surface area contributed by atoms with Crippen molar-refractivity contribution in [1.29, 1.82) is 0 Å². The molecule has 4 aromatic rings. The largest absolute Gasteiger partial charge is 0.349 e. The zero-order valence-electron chi connectivity index (χ0n) is 17.9. The SMILES string of the molecule is O=C(Nc1nc2c(s1)C(=O)C[C@@H](C(=O)NCc1nc(-c3ccccc3)cs1)C2)c1ccncc1. The number of carbonyl (C=O) groups excluding carboxylic acids is 3. The van der Waals surface area contributed by atoms with Gasteiger partial charge in [-0.2, -0.15) is 0 Å². The molecule has 0 aliphatic heterocycles. The van der Waals surface area contributed by atoms with Crippen LogP contribution in [0.15, 0.2) is 60.2 Å². The lowest BCUT2D eigenvalue weighted by molar-refractivity contribution is -0.125. The van der Waals surface area contributed by atoms with E-state index in [1.54, 1.807) is 12.1 Å². The van der Waals surface area contributed by atoms with Gasteiger partial charge in [-0.25, -0.2) is 9.97 Å². The van der Waals surface area contributed by atoms with Crippen molar-refractivity contribution in [2.75, 3.05) is 5.32 Å². The van der Waals surface area contributed by atoms with Crippen LogP contribution in [0.5, 0.6) is 0 Å². The topological polar surface area (TPSA) is 114 Å². The summed E-state index contributed by atoms with van der Waals surface area (Å²) in [6.45, 7) is 0.304. The van der Waals surface area contributed by atoms with Gasteiger partial charge in [0.2, 0.25) is 5.91 Å². The second-order valence-corrected chi connectivity index (χ2v) is 9.67. The van der Waals surface area contributed by atoms with Gasteiger partial charge in [-0.15, -0.1) is 11.3 Å². The predicted octanol–water partition coefficient (Wildman–Crippen LogP) is 3.98. The van der Waals surface area contributed by atoms with Crippen LogP contribution >= 0.6 is 22.7 Å². The third-order valence-corrected chi connectivity index (χ3v) is 7.29. The van der Waals surface area contributed by atoms with E-state index in [-0.39, 0.29) is 24.0 Å². The maximum atomic E-state index is 12.8. The zero-order chi connectivity index (χ0) is 23.5. The maximum absolute atomic E-state index is 12.8. The molecule has 34 heavy (non-hydrogen) atoms. The molecule has 0 bridgehead atoms. The molecule has 0 unspecified atom stereocenters. The second kappa shape index (κ2) is 9.62. The molecule has 2 amide bonds.